The molecule has 22 heavy (non-hydrogen) atoms. The molecule has 1 aliphatic heterocycles. The molecule has 0 spiro atoms. The predicted molar refractivity (Wildman–Crippen MR) is 84.0 cm³/mol. The van der Waals surface area contributed by atoms with Crippen molar-refractivity contribution in [3.63, 3.8) is 0 Å². The molecule has 0 aliphatic carbocycles. The van der Waals surface area contributed by atoms with E-state index in [1.54, 1.807) is 21.3 Å². The molecule has 4 heteroatoms. The summed E-state index contributed by atoms with van der Waals surface area (Å²) < 4.78 is 22.2. The minimum Gasteiger partial charge on any atom is -0.497 e. The third kappa shape index (κ3) is 2.62. The third-order valence-corrected chi connectivity index (χ3v) is 4.11. The fourth-order valence-corrected chi connectivity index (χ4v) is 2.90. The standard InChI is InChI=1S/C18H20O4/c1-19-13-6-4-12(5-7-13)16-11-22-17-10-14(20-2)8-9-15(17)18(16)21-3/h4-10,16,18H,11H2,1-3H3. The molecule has 0 bridgehead atoms. The highest BCUT2D eigenvalue weighted by molar-refractivity contribution is 5.45. The van der Waals surface area contributed by atoms with Gasteiger partial charge in [0.05, 0.1) is 26.9 Å². The Morgan fingerprint density at radius 1 is 0.909 bits per heavy atom. The molecule has 2 aromatic carbocycles. The number of methoxy groups -OCH3 is 3. The highest BCUT2D eigenvalue weighted by atomic mass is 16.5. The van der Waals surface area contributed by atoms with Crippen molar-refractivity contribution in [2.45, 2.75) is 12.0 Å². The van der Waals surface area contributed by atoms with Gasteiger partial charge in [0.2, 0.25) is 0 Å². The van der Waals surface area contributed by atoms with E-state index < -0.39 is 0 Å². The maximum absolute atomic E-state index is 5.93. The Labute approximate surface area is 130 Å². The Balaban J connectivity index is 1.93. The van der Waals surface area contributed by atoms with E-state index in [-0.39, 0.29) is 12.0 Å². The van der Waals surface area contributed by atoms with Crippen molar-refractivity contribution < 1.29 is 18.9 Å². The van der Waals surface area contributed by atoms with E-state index in [0.717, 1.165) is 22.8 Å². The van der Waals surface area contributed by atoms with Gasteiger partial charge in [-0.05, 0) is 29.8 Å². The molecule has 0 N–H and O–H groups in total. The monoisotopic (exact) mass is 300 g/mol. The number of rotatable bonds is 4. The quantitative estimate of drug-likeness (QED) is 0.865. The van der Waals surface area contributed by atoms with Crippen LogP contribution in [0.3, 0.4) is 0 Å². The summed E-state index contributed by atoms with van der Waals surface area (Å²) in [5.74, 6) is 2.61. The number of fused-ring (bicyclic) bond motifs is 1. The van der Waals surface area contributed by atoms with Crippen LogP contribution in [0.5, 0.6) is 17.2 Å². The first kappa shape index (κ1) is 14.7. The summed E-state index contributed by atoms with van der Waals surface area (Å²) in [7, 11) is 5.05. The second-order valence-electron chi connectivity index (χ2n) is 5.25. The average Bonchev–Trinajstić information content (AvgIpc) is 2.60. The topological polar surface area (TPSA) is 36.9 Å². The minimum atomic E-state index is -0.0388. The van der Waals surface area contributed by atoms with Crippen molar-refractivity contribution in [2.75, 3.05) is 27.9 Å². The molecular weight excluding hydrogens is 280 g/mol. The molecule has 2 aromatic rings. The van der Waals surface area contributed by atoms with Crippen LogP contribution in [0.25, 0.3) is 0 Å². The SMILES string of the molecule is COc1ccc(C2COc3cc(OC)ccc3C2OC)cc1. The van der Waals surface area contributed by atoms with Crippen LogP contribution < -0.4 is 14.2 Å². The molecule has 0 amide bonds. The highest BCUT2D eigenvalue weighted by Crippen LogP contribution is 2.43. The number of hydrogen-bond donors (Lipinski definition) is 0. The Kier molecular flexibility index (Phi) is 4.20. The van der Waals surface area contributed by atoms with Gasteiger partial charge in [0.15, 0.2) is 0 Å². The molecule has 1 heterocycles. The number of ether oxygens (including phenoxy) is 4. The molecule has 4 nitrogen and oxygen atoms in total. The predicted octanol–water partition coefficient (Wildman–Crippen LogP) is 3.57. The first-order valence-electron chi connectivity index (χ1n) is 7.24. The minimum absolute atomic E-state index is 0.0388. The normalized spacial score (nSPS) is 20.0. The lowest BCUT2D eigenvalue weighted by atomic mass is 9.87. The van der Waals surface area contributed by atoms with E-state index in [1.165, 1.54) is 5.56 Å². The van der Waals surface area contributed by atoms with Crippen molar-refractivity contribution in [2.24, 2.45) is 0 Å². The van der Waals surface area contributed by atoms with Crippen LogP contribution in [0.15, 0.2) is 42.5 Å². The zero-order valence-corrected chi connectivity index (χ0v) is 13.0. The Bertz CT molecular complexity index is 636. The van der Waals surface area contributed by atoms with Gasteiger partial charge >= 0.3 is 0 Å². The van der Waals surface area contributed by atoms with Gasteiger partial charge in [0, 0.05) is 24.7 Å². The first-order chi connectivity index (χ1) is 10.8. The summed E-state index contributed by atoms with van der Waals surface area (Å²) in [6, 6.07) is 13.9. The van der Waals surface area contributed by atoms with E-state index in [4.69, 9.17) is 18.9 Å². The lowest BCUT2D eigenvalue weighted by Gasteiger charge is -2.33. The van der Waals surface area contributed by atoms with Crippen molar-refractivity contribution >= 4 is 0 Å². The molecule has 116 valence electrons. The Hall–Kier alpha value is -2.20. The second-order valence-corrected chi connectivity index (χ2v) is 5.25. The summed E-state index contributed by atoms with van der Waals surface area (Å²) in [6.45, 7) is 0.574. The fraction of sp³-hybridized carbons (Fsp3) is 0.333. The van der Waals surface area contributed by atoms with Crippen LogP contribution in [-0.2, 0) is 4.74 Å². The van der Waals surface area contributed by atoms with Crippen molar-refractivity contribution in [3.8, 4) is 17.2 Å². The number of hydrogen-bond acceptors (Lipinski definition) is 4. The molecule has 0 radical (unpaired) electrons. The summed E-state index contributed by atoms with van der Waals surface area (Å²) >= 11 is 0. The smallest absolute Gasteiger partial charge is 0.128 e. The van der Waals surface area contributed by atoms with Gasteiger partial charge in [-0.1, -0.05) is 12.1 Å². The summed E-state index contributed by atoms with van der Waals surface area (Å²) in [5.41, 5.74) is 2.23. The van der Waals surface area contributed by atoms with Crippen LogP contribution in [0.2, 0.25) is 0 Å². The van der Waals surface area contributed by atoms with Gasteiger partial charge in [-0.2, -0.15) is 0 Å². The van der Waals surface area contributed by atoms with Crippen LogP contribution in [0.4, 0.5) is 0 Å². The highest BCUT2D eigenvalue weighted by Gasteiger charge is 2.32. The summed E-state index contributed by atoms with van der Waals surface area (Å²) in [5, 5.41) is 0. The van der Waals surface area contributed by atoms with Crippen LogP contribution in [-0.4, -0.2) is 27.9 Å². The summed E-state index contributed by atoms with van der Waals surface area (Å²) in [4.78, 5) is 0. The van der Waals surface area contributed by atoms with Gasteiger partial charge in [0.25, 0.3) is 0 Å². The average molecular weight is 300 g/mol. The Morgan fingerprint density at radius 3 is 2.23 bits per heavy atom. The molecule has 2 atom stereocenters. The van der Waals surface area contributed by atoms with E-state index in [1.807, 2.05) is 30.3 Å². The first-order valence-corrected chi connectivity index (χ1v) is 7.24. The van der Waals surface area contributed by atoms with Crippen LogP contribution >= 0.6 is 0 Å². The van der Waals surface area contributed by atoms with Crippen LogP contribution in [0.1, 0.15) is 23.1 Å². The molecule has 0 saturated carbocycles. The second kappa shape index (κ2) is 6.28. The summed E-state index contributed by atoms with van der Waals surface area (Å²) in [6.07, 6.45) is -0.0388. The Morgan fingerprint density at radius 2 is 1.59 bits per heavy atom. The fourth-order valence-electron chi connectivity index (χ4n) is 2.90. The van der Waals surface area contributed by atoms with E-state index in [9.17, 15) is 0 Å². The van der Waals surface area contributed by atoms with E-state index in [2.05, 4.69) is 12.1 Å². The molecule has 2 unspecified atom stereocenters. The van der Waals surface area contributed by atoms with Gasteiger partial charge in [-0.25, -0.2) is 0 Å². The molecular formula is C18H20O4. The van der Waals surface area contributed by atoms with Gasteiger partial charge in [0.1, 0.15) is 17.2 Å². The lowest BCUT2D eigenvalue weighted by molar-refractivity contribution is 0.0427. The molecule has 1 aliphatic rings. The zero-order chi connectivity index (χ0) is 15.5. The number of benzene rings is 2. The van der Waals surface area contributed by atoms with Crippen LogP contribution in [0, 0.1) is 0 Å². The van der Waals surface area contributed by atoms with Crippen molar-refractivity contribution in [1.82, 2.24) is 0 Å². The zero-order valence-electron chi connectivity index (χ0n) is 13.0. The van der Waals surface area contributed by atoms with E-state index in [0.29, 0.717) is 6.61 Å². The molecule has 3 rings (SSSR count). The molecule has 0 aromatic heterocycles. The van der Waals surface area contributed by atoms with Crippen molar-refractivity contribution in [1.29, 1.82) is 0 Å². The van der Waals surface area contributed by atoms with Gasteiger partial charge in [-0.15, -0.1) is 0 Å². The maximum Gasteiger partial charge on any atom is 0.128 e. The van der Waals surface area contributed by atoms with Crippen molar-refractivity contribution in [3.05, 3.63) is 53.6 Å². The molecule has 0 saturated heterocycles. The molecule has 0 fully saturated rings. The lowest BCUT2D eigenvalue weighted by Crippen LogP contribution is -2.25. The maximum atomic E-state index is 5.93. The van der Waals surface area contributed by atoms with E-state index >= 15 is 0 Å². The largest absolute Gasteiger partial charge is 0.497 e. The third-order valence-electron chi connectivity index (χ3n) is 4.11. The van der Waals surface area contributed by atoms with Gasteiger partial charge < -0.3 is 18.9 Å². The van der Waals surface area contributed by atoms with Gasteiger partial charge in [-0.3, -0.25) is 0 Å².